The summed E-state index contributed by atoms with van der Waals surface area (Å²) in [5, 5.41) is 11.4. The lowest BCUT2D eigenvalue weighted by molar-refractivity contribution is 0.140. The highest BCUT2D eigenvalue weighted by Crippen LogP contribution is 2.14. The van der Waals surface area contributed by atoms with E-state index >= 15 is 0 Å². The van der Waals surface area contributed by atoms with Crippen LogP contribution in [0.15, 0.2) is 54.6 Å². The van der Waals surface area contributed by atoms with Crippen LogP contribution in [0.5, 0.6) is 0 Å². The van der Waals surface area contributed by atoms with Gasteiger partial charge in [0.15, 0.2) is 0 Å². The maximum atomic E-state index is 13.3. The number of carbonyl (C=O) groups is 1. The maximum Gasteiger partial charge on any atom is 0.407 e. The highest BCUT2D eigenvalue weighted by molar-refractivity contribution is 5.67. The fourth-order valence-electron chi connectivity index (χ4n) is 2.21. The number of nitriles is 1. The van der Waals surface area contributed by atoms with E-state index in [-0.39, 0.29) is 18.8 Å². The normalized spacial score (nSPS) is 10.4. The van der Waals surface area contributed by atoms with Crippen molar-refractivity contribution >= 4 is 12.2 Å². The zero-order chi connectivity index (χ0) is 17.9. The Morgan fingerprint density at radius 3 is 2.80 bits per heavy atom. The van der Waals surface area contributed by atoms with Crippen LogP contribution < -0.4 is 5.32 Å². The van der Waals surface area contributed by atoms with Gasteiger partial charge in [0, 0.05) is 6.54 Å². The zero-order valence-corrected chi connectivity index (χ0v) is 13.7. The van der Waals surface area contributed by atoms with Gasteiger partial charge in [0.25, 0.3) is 0 Å². The SMILES string of the molecule is N#CCc1ccc(F)cc1C=CCCNC(=O)OCc1ccccc1. The average molecular weight is 338 g/mol. The largest absolute Gasteiger partial charge is 0.445 e. The van der Waals surface area contributed by atoms with E-state index in [4.69, 9.17) is 10.00 Å². The van der Waals surface area contributed by atoms with Crippen LogP contribution in [0.25, 0.3) is 6.08 Å². The van der Waals surface area contributed by atoms with Gasteiger partial charge >= 0.3 is 6.09 Å². The molecule has 4 nitrogen and oxygen atoms in total. The highest BCUT2D eigenvalue weighted by Gasteiger charge is 2.02. The summed E-state index contributed by atoms with van der Waals surface area (Å²) >= 11 is 0. The Kier molecular flexibility index (Phi) is 7.20. The van der Waals surface area contributed by atoms with Crippen molar-refractivity contribution in [2.75, 3.05) is 6.54 Å². The second-order valence-corrected chi connectivity index (χ2v) is 5.36. The lowest BCUT2D eigenvalue weighted by Gasteiger charge is -2.06. The molecule has 0 fully saturated rings. The van der Waals surface area contributed by atoms with E-state index in [1.165, 1.54) is 12.1 Å². The lowest BCUT2D eigenvalue weighted by Crippen LogP contribution is -2.24. The van der Waals surface area contributed by atoms with Gasteiger partial charge in [-0.05, 0) is 35.2 Å². The summed E-state index contributed by atoms with van der Waals surface area (Å²) in [6.45, 7) is 0.635. The molecule has 0 saturated carbocycles. The van der Waals surface area contributed by atoms with Crippen LogP contribution in [0.4, 0.5) is 9.18 Å². The molecule has 2 aromatic rings. The van der Waals surface area contributed by atoms with E-state index in [0.29, 0.717) is 18.5 Å². The Balaban J connectivity index is 1.73. The van der Waals surface area contributed by atoms with Gasteiger partial charge in [-0.15, -0.1) is 0 Å². The number of hydrogen-bond donors (Lipinski definition) is 1. The van der Waals surface area contributed by atoms with Crippen molar-refractivity contribution in [1.29, 1.82) is 5.26 Å². The molecule has 1 N–H and O–H groups in total. The second kappa shape index (κ2) is 9.89. The van der Waals surface area contributed by atoms with Gasteiger partial charge in [-0.1, -0.05) is 48.6 Å². The van der Waals surface area contributed by atoms with E-state index in [0.717, 1.165) is 11.1 Å². The van der Waals surface area contributed by atoms with Crippen LogP contribution in [0.2, 0.25) is 0 Å². The molecular formula is C20H19FN2O2. The minimum Gasteiger partial charge on any atom is -0.445 e. The Bertz CT molecular complexity index is 767. The Morgan fingerprint density at radius 2 is 2.04 bits per heavy atom. The molecular weight excluding hydrogens is 319 g/mol. The third-order valence-corrected chi connectivity index (χ3v) is 3.47. The van der Waals surface area contributed by atoms with Crippen molar-refractivity contribution in [3.63, 3.8) is 0 Å². The minimum atomic E-state index is -0.479. The Morgan fingerprint density at radius 1 is 1.24 bits per heavy atom. The molecule has 0 unspecified atom stereocenters. The number of halogens is 1. The fraction of sp³-hybridized carbons (Fsp3) is 0.200. The first-order valence-electron chi connectivity index (χ1n) is 7.95. The summed E-state index contributed by atoms with van der Waals surface area (Å²) in [4.78, 5) is 11.6. The summed E-state index contributed by atoms with van der Waals surface area (Å²) in [6, 6.07) is 15.8. The first kappa shape index (κ1) is 18.2. The molecule has 0 bridgehead atoms. The maximum absolute atomic E-state index is 13.3. The van der Waals surface area contributed by atoms with Crippen molar-refractivity contribution in [3.8, 4) is 6.07 Å². The van der Waals surface area contributed by atoms with Crippen LogP contribution in [0.1, 0.15) is 23.1 Å². The number of hydrogen-bond acceptors (Lipinski definition) is 3. The first-order chi connectivity index (χ1) is 12.2. The van der Waals surface area contributed by atoms with Crippen molar-refractivity contribution in [2.45, 2.75) is 19.4 Å². The topological polar surface area (TPSA) is 62.1 Å². The molecule has 0 radical (unpaired) electrons. The Hall–Kier alpha value is -3.13. The number of nitrogens with zero attached hydrogens (tertiary/aromatic N) is 1. The van der Waals surface area contributed by atoms with E-state index in [9.17, 15) is 9.18 Å². The summed E-state index contributed by atoms with van der Waals surface area (Å²) in [7, 11) is 0. The van der Waals surface area contributed by atoms with Crippen molar-refractivity contribution in [2.24, 2.45) is 0 Å². The molecule has 0 aliphatic carbocycles. The molecule has 0 aromatic heterocycles. The van der Waals surface area contributed by atoms with Crippen LogP contribution in [-0.4, -0.2) is 12.6 Å². The number of nitrogens with one attached hydrogen (secondary N) is 1. The predicted octanol–water partition coefficient (Wildman–Crippen LogP) is 4.22. The summed E-state index contributed by atoms with van der Waals surface area (Å²) in [5.41, 5.74) is 2.37. The zero-order valence-electron chi connectivity index (χ0n) is 13.7. The van der Waals surface area contributed by atoms with Crippen molar-refractivity contribution in [1.82, 2.24) is 5.32 Å². The van der Waals surface area contributed by atoms with Gasteiger partial charge in [-0.2, -0.15) is 5.26 Å². The van der Waals surface area contributed by atoms with E-state index in [1.54, 1.807) is 12.1 Å². The van der Waals surface area contributed by atoms with Gasteiger partial charge in [-0.25, -0.2) is 9.18 Å². The van der Waals surface area contributed by atoms with Crippen LogP contribution >= 0.6 is 0 Å². The average Bonchev–Trinajstić information content (AvgIpc) is 2.63. The molecule has 128 valence electrons. The lowest BCUT2D eigenvalue weighted by atomic mass is 10.0. The molecule has 2 aromatic carbocycles. The monoisotopic (exact) mass is 338 g/mol. The number of carbonyl (C=O) groups excluding carboxylic acids is 1. The van der Waals surface area contributed by atoms with Gasteiger partial charge in [0.1, 0.15) is 12.4 Å². The summed E-state index contributed by atoms with van der Waals surface area (Å²) in [6.07, 6.45) is 3.90. The fourth-order valence-corrected chi connectivity index (χ4v) is 2.21. The van der Waals surface area contributed by atoms with Crippen LogP contribution in [0, 0.1) is 17.1 Å². The molecule has 5 heteroatoms. The van der Waals surface area contributed by atoms with Gasteiger partial charge in [0.05, 0.1) is 12.5 Å². The molecule has 2 rings (SSSR count). The first-order valence-corrected chi connectivity index (χ1v) is 7.95. The molecule has 0 aliphatic heterocycles. The number of amides is 1. The number of alkyl carbamates (subject to hydrolysis) is 1. The van der Waals surface area contributed by atoms with Crippen LogP contribution in [-0.2, 0) is 17.8 Å². The molecule has 0 saturated heterocycles. The quantitative estimate of drug-likeness (QED) is 0.769. The molecule has 1 amide bonds. The third-order valence-electron chi connectivity index (χ3n) is 3.47. The van der Waals surface area contributed by atoms with Gasteiger partial charge in [-0.3, -0.25) is 0 Å². The smallest absolute Gasteiger partial charge is 0.407 e. The van der Waals surface area contributed by atoms with Gasteiger partial charge < -0.3 is 10.1 Å². The molecule has 0 spiro atoms. The Labute approximate surface area is 146 Å². The van der Waals surface area contributed by atoms with Gasteiger partial charge in [0.2, 0.25) is 0 Å². The summed E-state index contributed by atoms with van der Waals surface area (Å²) < 4.78 is 18.4. The van der Waals surface area contributed by atoms with E-state index in [2.05, 4.69) is 11.4 Å². The standard InChI is InChI=1S/C20H19FN2O2/c21-19-10-9-17(11-12-22)18(14-19)8-4-5-13-23-20(24)25-15-16-6-2-1-3-7-16/h1-4,6-10,14H,5,11,13,15H2,(H,23,24). The highest BCUT2D eigenvalue weighted by atomic mass is 19.1. The molecule has 25 heavy (non-hydrogen) atoms. The van der Waals surface area contributed by atoms with Crippen molar-refractivity contribution in [3.05, 3.63) is 77.1 Å². The number of benzene rings is 2. The molecule has 0 atom stereocenters. The van der Waals surface area contributed by atoms with Crippen molar-refractivity contribution < 1.29 is 13.9 Å². The minimum absolute atomic E-state index is 0.226. The van der Waals surface area contributed by atoms with E-state index in [1.807, 2.05) is 36.4 Å². The molecule has 0 heterocycles. The van der Waals surface area contributed by atoms with Crippen LogP contribution in [0.3, 0.4) is 0 Å². The number of rotatable bonds is 7. The van der Waals surface area contributed by atoms with E-state index < -0.39 is 6.09 Å². The second-order valence-electron chi connectivity index (χ2n) is 5.36. The third kappa shape index (κ3) is 6.48. The number of ether oxygens (including phenoxy) is 1. The molecule has 0 aliphatic rings. The summed E-state index contributed by atoms with van der Waals surface area (Å²) in [5.74, 6) is -0.344. The predicted molar refractivity (Wildman–Crippen MR) is 94.0 cm³/mol.